The number of rotatable bonds is 8. The van der Waals surface area contributed by atoms with Gasteiger partial charge in [-0.1, -0.05) is 28.8 Å². The monoisotopic (exact) mass is 510 g/mol. The van der Waals surface area contributed by atoms with Gasteiger partial charge in [-0.2, -0.15) is 4.31 Å². The highest BCUT2D eigenvalue weighted by Gasteiger charge is 2.25. The number of hydrogen-bond donors (Lipinski definition) is 1. The number of carbonyl (C=O) groups excluding carboxylic acids is 1. The molecule has 1 aliphatic rings. The number of hydrogen-bond acceptors (Lipinski definition) is 5. The molecule has 0 radical (unpaired) electrons. The van der Waals surface area contributed by atoms with E-state index in [1.165, 1.54) is 12.1 Å². The van der Waals surface area contributed by atoms with Gasteiger partial charge >= 0.3 is 0 Å². The van der Waals surface area contributed by atoms with Gasteiger partial charge in [0.1, 0.15) is 12.4 Å². The summed E-state index contributed by atoms with van der Waals surface area (Å²) in [6.07, 6.45) is 3.89. The van der Waals surface area contributed by atoms with Crippen LogP contribution in [0.4, 0.5) is 5.69 Å². The Morgan fingerprint density at radius 3 is 2.35 bits per heavy atom. The van der Waals surface area contributed by atoms with Crippen LogP contribution in [-0.2, 0) is 14.8 Å². The van der Waals surface area contributed by atoms with Crippen molar-refractivity contribution in [2.75, 3.05) is 38.7 Å². The average molecular weight is 511 g/mol. The summed E-state index contributed by atoms with van der Waals surface area (Å²) in [6.45, 7) is 1.83. The van der Waals surface area contributed by atoms with Crippen LogP contribution in [0.1, 0.15) is 36.0 Å². The van der Waals surface area contributed by atoms with Gasteiger partial charge in [-0.25, -0.2) is 8.42 Å². The molecule has 168 valence electrons. The molecule has 2 aromatic carbocycles. The lowest BCUT2D eigenvalue weighted by molar-refractivity contribution is 0.101. The van der Waals surface area contributed by atoms with Gasteiger partial charge < -0.3 is 14.8 Å². The molecule has 0 atom stereocenters. The third-order valence-electron chi connectivity index (χ3n) is 5.05. The number of halogens is 1. The molecule has 1 amide bonds. The first-order chi connectivity index (χ1) is 14.9. The zero-order valence-electron chi connectivity index (χ0n) is 17.5. The number of nitrogens with one attached hydrogen (secondary N) is 1. The second-order valence-corrected chi connectivity index (χ2v) is 10.1. The van der Waals surface area contributed by atoms with E-state index in [0.29, 0.717) is 43.3 Å². The van der Waals surface area contributed by atoms with Gasteiger partial charge in [-0.05, 0) is 55.3 Å². The molecule has 3 rings (SSSR count). The van der Waals surface area contributed by atoms with E-state index in [0.717, 1.165) is 30.2 Å². The molecule has 2 aromatic rings. The van der Waals surface area contributed by atoms with E-state index in [2.05, 4.69) is 21.2 Å². The first kappa shape index (κ1) is 23.7. The second kappa shape index (κ2) is 11.1. The Labute approximate surface area is 191 Å². The number of ether oxygens (including phenoxy) is 2. The summed E-state index contributed by atoms with van der Waals surface area (Å²) in [7, 11) is -1.95. The maximum Gasteiger partial charge on any atom is 0.259 e. The topological polar surface area (TPSA) is 84.9 Å². The largest absolute Gasteiger partial charge is 0.490 e. The van der Waals surface area contributed by atoms with Crippen molar-refractivity contribution in [3.05, 3.63) is 52.5 Å². The van der Waals surface area contributed by atoms with Crippen LogP contribution < -0.4 is 10.1 Å². The Morgan fingerprint density at radius 1 is 1.03 bits per heavy atom. The smallest absolute Gasteiger partial charge is 0.259 e. The minimum Gasteiger partial charge on any atom is -0.490 e. The van der Waals surface area contributed by atoms with Crippen LogP contribution in [0, 0.1) is 0 Å². The molecular formula is C22H27BrN2O5S. The van der Waals surface area contributed by atoms with E-state index in [-0.39, 0.29) is 10.8 Å². The van der Waals surface area contributed by atoms with Gasteiger partial charge in [0, 0.05) is 30.4 Å². The Morgan fingerprint density at radius 2 is 1.71 bits per heavy atom. The Bertz CT molecular complexity index is 987. The van der Waals surface area contributed by atoms with Crippen LogP contribution >= 0.6 is 15.9 Å². The van der Waals surface area contributed by atoms with Crippen molar-refractivity contribution < 1.29 is 22.7 Å². The molecule has 0 unspecified atom stereocenters. The summed E-state index contributed by atoms with van der Waals surface area (Å²) in [6, 6.07) is 11.5. The summed E-state index contributed by atoms with van der Waals surface area (Å²) in [5.41, 5.74) is 0.870. The van der Waals surface area contributed by atoms with Crippen molar-refractivity contribution in [3.63, 3.8) is 0 Å². The highest BCUT2D eigenvalue weighted by atomic mass is 79.9. The van der Waals surface area contributed by atoms with E-state index in [1.807, 2.05) is 0 Å². The van der Waals surface area contributed by atoms with Crippen molar-refractivity contribution in [3.8, 4) is 5.75 Å². The third kappa shape index (κ3) is 6.29. The van der Waals surface area contributed by atoms with Crippen molar-refractivity contribution in [2.24, 2.45) is 0 Å². The van der Waals surface area contributed by atoms with Crippen LogP contribution in [0.5, 0.6) is 5.75 Å². The zero-order chi connectivity index (χ0) is 22.3. The Hall–Kier alpha value is -1.94. The van der Waals surface area contributed by atoms with Gasteiger partial charge in [0.2, 0.25) is 10.0 Å². The summed E-state index contributed by atoms with van der Waals surface area (Å²) < 4.78 is 38.7. The minimum absolute atomic E-state index is 0.235. The number of sulfonamides is 1. The van der Waals surface area contributed by atoms with Crippen molar-refractivity contribution in [1.29, 1.82) is 0 Å². The van der Waals surface area contributed by atoms with Crippen LogP contribution in [0.3, 0.4) is 0 Å². The summed E-state index contributed by atoms with van der Waals surface area (Å²) in [4.78, 5) is 13.1. The fourth-order valence-electron chi connectivity index (χ4n) is 3.38. The standard InChI is InChI=1S/C22H27BrN2O5S/c1-29-14-15-30-21-11-6-17(23)16-20(21)22(26)24-18-7-9-19(10-8-18)31(27,28)25-12-4-2-3-5-13-25/h6-11,16H,2-5,12-15H2,1H3,(H,24,26). The molecule has 0 bridgehead atoms. The quantitative estimate of drug-likeness (QED) is 0.535. The molecule has 1 N–H and O–H groups in total. The molecule has 0 spiro atoms. The molecule has 31 heavy (non-hydrogen) atoms. The van der Waals surface area contributed by atoms with Crippen molar-refractivity contribution >= 4 is 37.5 Å². The lowest BCUT2D eigenvalue weighted by Crippen LogP contribution is -2.31. The molecule has 9 heteroatoms. The first-order valence-corrected chi connectivity index (χ1v) is 12.5. The van der Waals surface area contributed by atoms with Crippen LogP contribution in [-0.4, -0.2) is 52.0 Å². The van der Waals surface area contributed by atoms with Crippen LogP contribution in [0.15, 0.2) is 51.8 Å². The summed E-state index contributed by atoms with van der Waals surface area (Å²) in [5, 5.41) is 2.81. The third-order valence-corrected chi connectivity index (χ3v) is 7.45. The maximum absolute atomic E-state index is 12.9. The van der Waals surface area contributed by atoms with Gasteiger partial charge in [0.25, 0.3) is 5.91 Å². The van der Waals surface area contributed by atoms with Gasteiger partial charge in [0.05, 0.1) is 17.1 Å². The molecular weight excluding hydrogens is 484 g/mol. The molecule has 0 aromatic heterocycles. The highest BCUT2D eigenvalue weighted by Crippen LogP contribution is 2.26. The maximum atomic E-state index is 12.9. The van der Waals surface area contributed by atoms with E-state index < -0.39 is 10.0 Å². The normalized spacial score (nSPS) is 15.3. The Kier molecular flexibility index (Phi) is 8.48. The zero-order valence-corrected chi connectivity index (χ0v) is 19.9. The minimum atomic E-state index is -3.53. The fraction of sp³-hybridized carbons (Fsp3) is 0.409. The molecule has 0 saturated carbocycles. The predicted octanol–water partition coefficient (Wildman–Crippen LogP) is 4.29. The van der Waals surface area contributed by atoms with E-state index in [4.69, 9.17) is 9.47 Å². The Balaban J connectivity index is 1.72. The number of carbonyl (C=O) groups is 1. The van der Waals surface area contributed by atoms with Crippen molar-refractivity contribution in [1.82, 2.24) is 4.31 Å². The van der Waals surface area contributed by atoms with E-state index >= 15 is 0 Å². The summed E-state index contributed by atoms with van der Waals surface area (Å²) in [5.74, 6) is 0.0925. The second-order valence-electron chi connectivity index (χ2n) is 7.28. The van der Waals surface area contributed by atoms with Gasteiger partial charge in [0.15, 0.2) is 0 Å². The SMILES string of the molecule is COCCOc1ccc(Br)cc1C(=O)Nc1ccc(S(=O)(=O)N2CCCCCC2)cc1. The number of benzene rings is 2. The van der Waals surface area contributed by atoms with E-state index in [9.17, 15) is 13.2 Å². The first-order valence-electron chi connectivity index (χ1n) is 10.2. The predicted molar refractivity (Wildman–Crippen MR) is 123 cm³/mol. The van der Waals surface area contributed by atoms with Gasteiger partial charge in [-0.3, -0.25) is 4.79 Å². The number of amides is 1. The average Bonchev–Trinajstić information content (AvgIpc) is 3.05. The number of anilines is 1. The summed E-state index contributed by atoms with van der Waals surface area (Å²) >= 11 is 3.37. The molecule has 1 heterocycles. The highest BCUT2D eigenvalue weighted by molar-refractivity contribution is 9.10. The molecule has 0 aliphatic carbocycles. The number of methoxy groups -OCH3 is 1. The van der Waals surface area contributed by atoms with Crippen molar-refractivity contribution in [2.45, 2.75) is 30.6 Å². The van der Waals surface area contributed by atoms with E-state index in [1.54, 1.807) is 41.7 Å². The lowest BCUT2D eigenvalue weighted by atomic mass is 10.2. The molecule has 1 fully saturated rings. The molecule has 7 nitrogen and oxygen atoms in total. The molecule has 1 aliphatic heterocycles. The van der Waals surface area contributed by atoms with Crippen LogP contribution in [0.25, 0.3) is 0 Å². The lowest BCUT2D eigenvalue weighted by Gasteiger charge is -2.20. The van der Waals surface area contributed by atoms with Crippen LogP contribution in [0.2, 0.25) is 0 Å². The molecule has 1 saturated heterocycles. The fourth-order valence-corrected chi connectivity index (χ4v) is 5.26. The number of nitrogens with zero attached hydrogens (tertiary/aromatic N) is 1. The van der Waals surface area contributed by atoms with Gasteiger partial charge in [-0.15, -0.1) is 0 Å².